The summed E-state index contributed by atoms with van der Waals surface area (Å²) in [5, 5.41) is 12.4. The Labute approximate surface area is 184 Å². The number of anilines is 1. The highest BCUT2D eigenvalue weighted by molar-refractivity contribution is 7.88. The average Bonchev–Trinajstić information content (AvgIpc) is 3.10. The molecule has 0 spiro atoms. The topological polar surface area (TPSA) is 133 Å². The van der Waals surface area contributed by atoms with Crippen LogP contribution in [0.1, 0.15) is 46.5 Å². The highest BCUT2D eigenvalue weighted by atomic mass is 35.5. The van der Waals surface area contributed by atoms with Crippen molar-refractivity contribution in [2.75, 3.05) is 11.6 Å². The molecule has 4 N–H and O–H groups in total. The van der Waals surface area contributed by atoms with Crippen LogP contribution in [0.4, 0.5) is 5.69 Å². The van der Waals surface area contributed by atoms with Crippen molar-refractivity contribution in [3.63, 3.8) is 0 Å². The number of nitrogens with one attached hydrogen (secondary N) is 4. The van der Waals surface area contributed by atoms with E-state index in [1.54, 1.807) is 18.2 Å². The van der Waals surface area contributed by atoms with Crippen LogP contribution in [0.5, 0.6) is 0 Å². The summed E-state index contributed by atoms with van der Waals surface area (Å²) in [4.78, 5) is 25.2. The number of aromatic amines is 1. The lowest BCUT2D eigenvalue weighted by Gasteiger charge is -2.29. The summed E-state index contributed by atoms with van der Waals surface area (Å²) < 4.78 is 25.3. The predicted octanol–water partition coefficient (Wildman–Crippen LogP) is 2.56. The number of H-pyrrole nitrogens is 1. The Bertz CT molecular complexity index is 1030. The van der Waals surface area contributed by atoms with Gasteiger partial charge in [0.25, 0.3) is 11.8 Å². The van der Waals surface area contributed by atoms with Gasteiger partial charge in [-0.05, 0) is 37.8 Å². The minimum atomic E-state index is -3.26. The molecule has 0 unspecified atom stereocenters. The molecule has 162 valence electrons. The largest absolute Gasteiger partial charge is 0.348 e. The summed E-state index contributed by atoms with van der Waals surface area (Å²) in [7, 11) is -3.26. The quantitative estimate of drug-likeness (QED) is 0.511. The summed E-state index contributed by atoms with van der Waals surface area (Å²) in [6.07, 6.45) is 5.01. The molecule has 3 rings (SSSR count). The Balaban J connectivity index is 1.61. The minimum Gasteiger partial charge on any atom is -0.348 e. The summed E-state index contributed by atoms with van der Waals surface area (Å²) >= 11 is 12.1. The normalized spacial score (nSPS) is 19.3. The number of nitrogens with zero attached hydrogens (tertiary/aromatic N) is 1. The molecule has 1 heterocycles. The monoisotopic (exact) mass is 473 g/mol. The first-order valence-electron chi connectivity index (χ1n) is 9.21. The molecule has 1 aromatic carbocycles. The molecule has 12 heteroatoms. The van der Waals surface area contributed by atoms with Gasteiger partial charge in [0.2, 0.25) is 10.0 Å². The van der Waals surface area contributed by atoms with Crippen molar-refractivity contribution in [3.8, 4) is 0 Å². The molecule has 1 fully saturated rings. The molecule has 0 atom stereocenters. The molecule has 30 heavy (non-hydrogen) atoms. The van der Waals surface area contributed by atoms with Gasteiger partial charge < -0.3 is 10.6 Å². The first-order chi connectivity index (χ1) is 14.1. The Morgan fingerprint density at radius 3 is 2.27 bits per heavy atom. The lowest BCUT2D eigenvalue weighted by molar-refractivity contribution is 0.0921. The Hall–Kier alpha value is -2.14. The molecule has 0 radical (unpaired) electrons. The van der Waals surface area contributed by atoms with Gasteiger partial charge in [0.1, 0.15) is 0 Å². The van der Waals surface area contributed by atoms with Crippen molar-refractivity contribution in [2.24, 2.45) is 0 Å². The third-order valence-corrected chi connectivity index (χ3v) is 6.13. The first kappa shape index (κ1) is 22.5. The third kappa shape index (κ3) is 5.72. The maximum atomic E-state index is 12.6. The summed E-state index contributed by atoms with van der Waals surface area (Å²) in [5.74, 6) is -1.01. The molecule has 1 aromatic heterocycles. The van der Waals surface area contributed by atoms with E-state index in [0.717, 1.165) is 6.26 Å². The number of sulfonamides is 1. The van der Waals surface area contributed by atoms with Gasteiger partial charge in [-0.15, -0.1) is 0 Å². The molecule has 1 aliphatic carbocycles. The van der Waals surface area contributed by atoms with Crippen LogP contribution in [0.3, 0.4) is 0 Å². The average molecular weight is 474 g/mol. The fourth-order valence-corrected chi connectivity index (χ4v) is 4.78. The molecule has 9 nitrogen and oxygen atoms in total. The smallest absolute Gasteiger partial charge is 0.274 e. The van der Waals surface area contributed by atoms with E-state index in [4.69, 9.17) is 23.2 Å². The molecule has 1 saturated carbocycles. The maximum absolute atomic E-state index is 12.6. The van der Waals surface area contributed by atoms with Crippen molar-refractivity contribution >= 4 is 50.7 Å². The number of carbonyl (C=O) groups is 2. The molecular formula is C18H21Cl2N5O4S. The van der Waals surface area contributed by atoms with E-state index in [1.165, 1.54) is 6.20 Å². The standard InChI is InChI=1S/C18H21Cl2N5O4S/c1-30(28,29)25-11-7-5-10(6-8-11)22-18(27)16-14(9-21-24-16)23-17(26)15-12(19)3-2-4-13(15)20/h2-4,9-11,25H,5-8H2,1H3,(H,21,24)(H,22,27)(H,23,26)/t10-,11-. The van der Waals surface area contributed by atoms with E-state index in [2.05, 4.69) is 25.6 Å². The van der Waals surface area contributed by atoms with Crippen LogP contribution >= 0.6 is 23.2 Å². The maximum Gasteiger partial charge on any atom is 0.274 e. The molecule has 0 bridgehead atoms. The zero-order valence-corrected chi connectivity index (χ0v) is 18.4. The SMILES string of the molecule is CS(=O)(=O)N[C@H]1CC[C@H](NC(=O)c2n[nH]cc2NC(=O)c2c(Cl)cccc2Cl)CC1. The number of halogens is 2. The minimum absolute atomic E-state index is 0.0305. The lowest BCUT2D eigenvalue weighted by Crippen LogP contribution is -2.43. The van der Waals surface area contributed by atoms with Gasteiger partial charge in [0.15, 0.2) is 5.69 Å². The zero-order valence-electron chi connectivity index (χ0n) is 16.0. The van der Waals surface area contributed by atoms with Crippen LogP contribution in [-0.4, -0.2) is 48.8 Å². The van der Waals surface area contributed by atoms with Crippen molar-refractivity contribution in [1.29, 1.82) is 0 Å². The van der Waals surface area contributed by atoms with E-state index < -0.39 is 21.8 Å². The summed E-state index contributed by atoms with van der Waals surface area (Å²) in [5.41, 5.74) is 0.328. The number of rotatable bonds is 6. The van der Waals surface area contributed by atoms with Crippen LogP contribution < -0.4 is 15.4 Å². The van der Waals surface area contributed by atoms with E-state index in [-0.39, 0.29) is 39.1 Å². The second-order valence-electron chi connectivity index (χ2n) is 7.11. The number of carbonyl (C=O) groups excluding carboxylic acids is 2. The van der Waals surface area contributed by atoms with Crippen LogP contribution in [-0.2, 0) is 10.0 Å². The fraction of sp³-hybridized carbons (Fsp3) is 0.389. The van der Waals surface area contributed by atoms with Crippen LogP contribution in [0.25, 0.3) is 0 Å². The van der Waals surface area contributed by atoms with Crippen LogP contribution in [0.2, 0.25) is 10.0 Å². The molecular weight excluding hydrogens is 453 g/mol. The number of amides is 2. The van der Waals surface area contributed by atoms with Crippen molar-refractivity contribution < 1.29 is 18.0 Å². The molecule has 1 aliphatic rings. The summed E-state index contributed by atoms with van der Waals surface area (Å²) in [6, 6.07) is 4.46. The number of aromatic nitrogens is 2. The van der Waals surface area contributed by atoms with E-state index in [9.17, 15) is 18.0 Å². The molecule has 2 amide bonds. The van der Waals surface area contributed by atoms with Gasteiger partial charge in [0, 0.05) is 18.3 Å². The van der Waals surface area contributed by atoms with Crippen LogP contribution in [0.15, 0.2) is 24.4 Å². The Kier molecular flexibility index (Phi) is 7.02. The highest BCUT2D eigenvalue weighted by Gasteiger charge is 2.26. The zero-order chi connectivity index (χ0) is 21.9. The predicted molar refractivity (Wildman–Crippen MR) is 114 cm³/mol. The van der Waals surface area contributed by atoms with Gasteiger partial charge in [-0.1, -0.05) is 29.3 Å². The summed E-state index contributed by atoms with van der Waals surface area (Å²) in [6.45, 7) is 0. The van der Waals surface area contributed by atoms with Crippen molar-refractivity contribution in [3.05, 3.63) is 45.7 Å². The van der Waals surface area contributed by atoms with Gasteiger partial charge >= 0.3 is 0 Å². The first-order valence-corrected chi connectivity index (χ1v) is 11.9. The van der Waals surface area contributed by atoms with Crippen molar-refractivity contribution in [2.45, 2.75) is 37.8 Å². The second kappa shape index (κ2) is 9.34. The Morgan fingerprint density at radius 1 is 1.07 bits per heavy atom. The van der Waals surface area contributed by atoms with E-state index in [1.807, 2.05) is 0 Å². The number of hydrogen-bond acceptors (Lipinski definition) is 5. The van der Waals surface area contributed by atoms with Crippen LogP contribution in [0, 0.1) is 0 Å². The lowest BCUT2D eigenvalue weighted by atomic mass is 9.92. The van der Waals surface area contributed by atoms with E-state index >= 15 is 0 Å². The molecule has 0 aliphatic heterocycles. The van der Waals surface area contributed by atoms with Gasteiger partial charge in [-0.3, -0.25) is 14.7 Å². The van der Waals surface area contributed by atoms with Gasteiger partial charge in [-0.25, -0.2) is 13.1 Å². The van der Waals surface area contributed by atoms with Gasteiger partial charge in [0.05, 0.1) is 27.6 Å². The third-order valence-electron chi connectivity index (χ3n) is 4.74. The number of hydrogen-bond donors (Lipinski definition) is 4. The van der Waals surface area contributed by atoms with Crippen molar-refractivity contribution in [1.82, 2.24) is 20.2 Å². The second-order valence-corrected chi connectivity index (χ2v) is 9.70. The highest BCUT2D eigenvalue weighted by Crippen LogP contribution is 2.26. The number of benzene rings is 1. The molecule has 0 saturated heterocycles. The van der Waals surface area contributed by atoms with Gasteiger partial charge in [-0.2, -0.15) is 5.10 Å². The fourth-order valence-electron chi connectivity index (χ4n) is 3.37. The Morgan fingerprint density at radius 2 is 1.67 bits per heavy atom. The van der Waals surface area contributed by atoms with E-state index in [0.29, 0.717) is 25.7 Å². The molecule has 2 aromatic rings.